The van der Waals surface area contributed by atoms with Gasteiger partial charge in [-0.25, -0.2) is 4.39 Å². The van der Waals surface area contributed by atoms with Crippen LogP contribution in [0.15, 0.2) is 18.2 Å². The minimum atomic E-state index is -0.371. The summed E-state index contributed by atoms with van der Waals surface area (Å²) in [5.41, 5.74) is 5.95. The first kappa shape index (κ1) is 14.0. The van der Waals surface area contributed by atoms with Crippen LogP contribution in [0, 0.1) is 18.7 Å². The van der Waals surface area contributed by atoms with Crippen molar-refractivity contribution in [2.45, 2.75) is 13.3 Å². The van der Waals surface area contributed by atoms with E-state index in [4.69, 9.17) is 5.73 Å². The van der Waals surface area contributed by atoms with Gasteiger partial charge in [0.2, 0.25) is 5.91 Å². The lowest BCUT2D eigenvalue weighted by Crippen LogP contribution is -2.31. The fourth-order valence-corrected chi connectivity index (χ4v) is 3.97. The zero-order valence-electron chi connectivity index (χ0n) is 11.6. The Morgan fingerprint density at radius 2 is 2.19 bits per heavy atom. The van der Waals surface area contributed by atoms with Gasteiger partial charge in [0.15, 0.2) is 0 Å². The van der Waals surface area contributed by atoms with Gasteiger partial charge in [0, 0.05) is 23.2 Å². The van der Waals surface area contributed by atoms with Crippen LogP contribution in [-0.4, -0.2) is 29.8 Å². The van der Waals surface area contributed by atoms with E-state index in [-0.39, 0.29) is 23.5 Å². The zero-order valence-corrected chi connectivity index (χ0v) is 12.4. The van der Waals surface area contributed by atoms with Crippen LogP contribution in [0.1, 0.15) is 21.7 Å². The van der Waals surface area contributed by atoms with Gasteiger partial charge in [-0.2, -0.15) is 0 Å². The van der Waals surface area contributed by atoms with Gasteiger partial charge in [0.25, 0.3) is 5.91 Å². The van der Waals surface area contributed by atoms with E-state index in [0.717, 1.165) is 4.70 Å². The molecule has 21 heavy (non-hydrogen) atoms. The molecule has 2 N–H and O–H groups in total. The Morgan fingerprint density at radius 3 is 2.81 bits per heavy atom. The van der Waals surface area contributed by atoms with E-state index in [1.165, 1.54) is 17.4 Å². The number of benzene rings is 1. The molecule has 2 aromatic rings. The van der Waals surface area contributed by atoms with Crippen LogP contribution in [0.25, 0.3) is 10.1 Å². The maximum atomic E-state index is 13.9. The van der Waals surface area contributed by atoms with Crippen LogP contribution in [0.4, 0.5) is 4.39 Å². The number of primary amides is 1. The van der Waals surface area contributed by atoms with Crippen molar-refractivity contribution in [3.8, 4) is 0 Å². The third-order valence-electron chi connectivity index (χ3n) is 3.98. The van der Waals surface area contributed by atoms with E-state index in [2.05, 4.69) is 0 Å². The largest absolute Gasteiger partial charge is 0.369 e. The summed E-state index contributed by atoms with van der Waals surface area (Å²) in [5, 5.41) is 0.511. The molecule has 1 fully saturated rings. The number of thiophene rings is 1. The Hall–Kier alpha value is -1.95. The number of halogens is 1. The molecule has 2 heterocycles. The van der Waals surface area contributed by atoms with Crippen molar-refractivity contribution in [1.29, 1.82) is 0 Å². The Morgan fingerprint density at radius 1 is 1.43 bits per heavy atom. The molecular formula is C15H15FN2O2S. The van der Waals surface area contributed by atoms with Crippen molar-refractivity contribution < 1.29 is 14.0 Å². The van der Waals surface area contributed by atoms with Gasteiger partial charge < -0.3 is 10.6 Å². The molecule has 1 saturated heterocycles. The lowest BCUT2D eigenvalue weighted by molar-refractivity contribution is -0.121. The third kappa shape index (κ3) is 2.29. The number of hydrogen-bond donors (Lipinski definition) is 1. The van der Waals surface area contributed by atoms with Gasteiger partial charge in [-0.15, -0.1) is 11.3 Å². The second-order valence-electron chi connectivity index (χ2n) is 5.31. The summed E-state index contributed by atoms with van der Waals surface area (Å²) in [7, 11) is 0. The quantitative estimate of drug-likeness (QED) is 0.925. The summed E-state index contributed by atoms with van der Waals surface area (Å²) in [4.78, 5) is 25.9. The molecule has 0 spiro atoms. The molecule has 1 aliphatic heterocycles. The average molecular weight is 306 g/mol. The normalized spacial score (nSPS) is 18.4. The maximum Gasteiger partial charge on any atom is 0.264 e. The van der Waals surface area contributed by atoms with Crippen LogP contribution < -0.4 is 5.73 Å². The molecule has 0 saturated carbocycles. The summed E-state index contributed by atoms with van der Waals surface area (Å²) in [6.07, 6.45) is 0.597. The summed E-state index contributed by atoms with van der Waals surface area (Å²) in [5.74, 6) is -1.10. The van der Waals surface area contributed by atoms with Crippen molar-refractivity contribution >= 4 is 33.2 Å². The van der Waals surface area contributed by atoms with Crippen LogP contribution in [0.5, 0.6) is 0 Å². The van der Waals surface area contributed by atoms with Gasteiger partial charge in [-0.1, -0.05) is 6.07 Å². The molecule has 2 amide bonds. The number of aryl methyl sites for hydroxylation is 1. The van der Waals surface area contributed by atoms with Crippen LogP contribution >= 0.6 is 11.3 Å². The molecule has 4 nitrogen and oxygen atoms in total. The second-order valence-corrected chi connectivity index (χ2v) is 6.36. The minimum absolute atomic E-state index is 0.142. The highest BCUT2D eigenvalue weighted by Crippen LogP contribution is 2.34. The molecule has 0 radical (unpaired) electrons. The molecule has 1 aromatic heterocycles. The first-order chi connectivity index (χ1) is 9.99. The predicted molar refractivity (Wildman–Crippen MR) is 79.7 cm³/mol. The van der Waals surface area contributed by atoms with Crippen molar-refractivity contribution in [2.75, 3.05) is 13.1 Å². The summed E-state index contributed by atoms with van der Waals surface area (Å²) in [6, 6.07) is 4.85. The summed E-state index contributed by atoms with van der Waals surface area (Å²) >= 11 is 1.30. The molecule has 1 aliphatic rings. The van der Waals surface area contributed by atoms with E-state index in [0.29, 0.717) is 35.3 Å². The minimum Gasteiger partial charge on any atom is -0.369 e. The van der Waals surface area contributed by atoms with Gasteiger partial charge in [-0.05, 0) is 31.0 Å². The molecule has 110 valence electrons. The molecule has 0 bridgehead atoms. The number of rotatable bonds is 2. The number of nitrogens with two attached hydrogens (primary N) is 1. The molecular weight excluding hydrogens is 291 g/mol. The third-order valence-corrected chi connectivity index (χ3v) is 5.22. The average Bonchev–Trinajstić information content (AvgIpc) is 3.04. The summed E-state index contributed by atoms with van der Waals surface area (Å²) < 4.78 is 14.7. The smallest absolute Gasteiger partial charge is 0.264 e. The molecule has 1 aromatic carbocycles. The van der Waals surface area contributed by atoms with Crippen molar-refractivity contribution in [1.82, 2.24) is 4.90 Å². The highest BCUT2D eigenvalue weighted by Gasteiger charge is 2.31. The van der Waals surface area contributed by atoms with Gasteiger partial charge in [-0.3, -0.25) is 9.59 Å². The monoisotopic (exact) mass is 306 g/mol. The van der Waals surface area contributed by atoms with Gasteiger partial charge >= 0.3 is 0 Å². The van der Waals surface area contributed by atoms with Gasteiger partial charge in [0.05, 0.1) is 10.8 Å². The standard InChI is InChI=1S/C15H15FN2O2S/c1-8-12-10(16)3-2-4-11(12)21-13(8)15(20)18-6-5-9(7-18)14(17)19/h2-4,9H,5-7H2,1H3,(H2,17,19)/t9-/m1/s1. The van der Waals surface area contributed by atoms with E-state index < -0.39 is 0 Å². The molecule has 0 aliphatic carbocycles. The number of nitrogens with zero attached hydrogens (tertiary/aromatic N) is 1. The van der Waals surface area contributed by atoms with Crippen molar-refractivity contribution in [2.24, 2.45) is 11.7 Å². The number of hydrogen-bond acceptors (Lipinski definition) is 3. The number of carbonyl (C=O) groups is 2. The zero-order chi connectivity index (χ0) is 15.1. The van der Waals surface area contributed by atoms with E-state index in [1.54, 1.807) is 17.9 Å². The van der Waals surface area contributed by atoms with E-state index >= 15 is 0 Å². The van der Waals surface area contributed by atoms with E-state index in [1.807, 2.05) is 6.07 Å². The lowest BCUT2D eigenvalue weighted by atomic mass is 10.1. The second kappa shape index (κ2) is 5.11. The number of likely N-dealkylation sites (tertiary alicyclic amines) is 1. The highest BCUT2D eigenvalue weighted by molar-refractivity contribution is 7.21. The number of amides is 2. The Kier molecular flexibility index (Phi) is 3.41. The Balaban J connectivity index is 1.94. The topological polar surface area (TPSA) is 63.4 Å². The van der Waals surface area contributed by atoms with Crippen molar-refractivity contribution in [3.05, 3.63) is 34.5 Å². The lowest BCUT2D eigenvalue weighted by Gasteiger charge is -2.15. The molecule has 1 atom stereocenters. The fraction of sp³-hybridized carbons (Fsp3) is 0.333. The number of carbonyl (C=O) groups excluding carboxylic acids is 2. The first-order valence-corrected chi connectivity index (χ1v) is 7.57. The van der Waals surface area contributed by atoms with Crippen molar-refractivity contribution in [3.63, 3.8) is 0 Å². The van der Waals surface area contributed by atoms with Gasteiger partial charge in [0.1, 0.15) is 5.82 Å². The van der Waals surface area contributed by atoms with Crippen LogP contribution in [0.2, 0.25) is 0 Å². The molecule has 6 heteroatoms. The van der Waals surface area contributed by atoms with Crippen LogP contribution in [0.3, 0.4) is 0 Å². The highest BCUT2D eigenvalue weighted by atomic mass is 32.1. The summed E-state index contributed by atoms with van der Waals surface area (Å²) in [6.45, 7) is 2.63. The first-order valence-electron chi connectivity index (χ1n) is 6.75. The Labute approximate surface area is 125 Å². The molecule has 0 unspecified atom stereocenters. The van der Waals surface area contributed by atoms with E-state index in [9.17, 15) is 14.0 Å². The van der Waals surface area contributed by atoms with Crippen LogP contribution in [-0.2, 0) is 4.79 Å². The number of fused-ring (bicyclic) bond motifs is 1. The Bertz CT molecular complexity index is 741. The SMILES string of the molecule is Cc1c(C(=O)N2CC[C@@H](C(N)=O)C2)sc2cccc(F)c12. The maximum absolute atomic E-state index is 13.9. The fourth-order valence-electron chi connectivity index (χ4n) is 2.78. The predicted octanol–water partition coefficient (Wildman–Crippen LogP) is 2.30. The molecule has 3 rings (SSSR count).